The summed E-state index contributed by atoms with van der Waals surface area (Å²) in [5.74, 6) is 0.887. The Kier molecular flexibility index (Phi) is 8.22. The van der Waals surface area contributed by atoms with Crippen molar-refractivity contribution in [3.05, 3.63) is 60.2 Å². The summed E-state index contributed by atoms with van der Waals surface area (Å²) in [5, 5.41) is 5.82. The van der Waals surface area contributed by atoms with Gasteiger partial charge in [0.05, 0.1) is 5.75 Å². The quantitative estimate of drug-likeness (QED) is 0.653. The molecule has 0 bridgehead atoms. The topological polar surface area (TPSA) is 58.2 Å². The standard InChI is InChI=1S/C21H26N2O2S/c1-16(2)14-22-20(24)13-10-17-8-11-18(12-9-17)23-21(25)15-26-19-6-4-3-5-7-19/h3-9,11-12,16H,10,13-15H2,1-2H3,(H,22,24)(H,23,25). The Morgan fingerprint density at radius 2 is 1.65 bits per heavy atom. The molecule has 2 aromatic carbocycles. The third kappa shape index (κ3) is 7.74. The van der Waals surface area contributed by atoms with E-state index in [1.165, 1.54) is 11.8 Å². The summed E-state index contributed by atoms with van der Waals surface area (Å²) < 4.78 is 0. The molecule has 2 N–H and O–H groups in total. The van der Waals surface area contributed by atoms with E-state index >= 15 is 0 Å². The second kappa shape index (κ2) is 10.7. The van der Waals surface area contributed by atoms with Gasteiger partial charge in [0.25, 0.3) is 0 Å². The smallest absolute Gasteiger partial charge is 0.234 e. The van der Waals surface area contributed by atoms with Crippen LogP contribution in [0.3, 0.4) is 0 Å². The largest absolute Gasteiger partial charge is 0.356 e. The van der Waals surface area contributed by atoms with E-state index in [0.29, 0.717) is 31.1 Å². The van der Waals surface area contributed by atoms with E-state index in [-0.39, 0.29) is 11.8 Å². The molecule has 0 saturated carbocycles. The van der Waals surface area contributed by atoms with Crippen molar-refractivity contribution < 1.29 is 9.59 Å². The van der Waals surface area contributed by atoms with Crippen LogP contribution in [-0.2, 0) is 16.0 Å². The Labute approximate surface area is 159 Å². The summed E-state index contributed by atoms with van der Waals surface area (Å²) >= 11 is 1.51. The zero-order valence-electron chi connectivity index (χ0n) is 15.3. The fourth-order valence-electron chi connectivity index (χ4n) is 2.28. The van der Waals surface area contributed by atoms with Crippen LogP contribution in [-0.4, -0.2) is 24.1 Å². The van der Waals surface area contributed by atoms with Gasteiger partial charge in [-0.2, -0.15) is 0 Å². The number of benzene rings is 2. The number of amides is 2. The maximum atomic E-state index is 12.0. The number of carbonyl (C=O) groups is 2. The minimum absolute atomic E-state index is 0.0281. The zero-order valence-corrected chi connectivity index (χ0v) is 16.1. The van der Waals surface area contributed by atoms with Gasteiger partial charge in [0, 0.05) is 23.5 Å². The molecule has 5 heteroatoms. The first-order valence-electron chi connectivity index (χ1n) is 8.86. The molecule has 0 unspecified atom stereocenters. The van der Waals surface area contributed by atoms with Crippen LogP contribution in [0.1, 0.15) is 25.8 Å². The normalized spacial score (nSPS) is 10.6. The van der Waals surface area contributed by atoms with Crippen molar-refractivity contribution in [3.8, 4) is 0 Å². The summed E-state index contributed by atoms with van der Waals surface area (Å²) in [6.45, 7) is 4.86. The van der Waals surface area contributed by atoms with Crippen LogP contribution in [0.4, 0.5) is 5.69 Å². The summed E-state index contributed by atoms with van der Waals surface area (Å²) in [5.41, 5.74) is 1.86. The maximum Gasteiger partial charge on any atom is 0.234 e. The molecule has 2 rings (SSSR count). The monoisotopic (exact) mass is 370 g/mol. The van der Waals surface area contributed by atoms with Gasteiger partial charge in [0.2, 0.25) is 11.8 Å². The first-order valence-corrected chi connectivity index (χ1v) is 9.85. The molecule has 138 valence electrons. The number of anilines is 1. The molecule has 0 spiro atoms. The molecule has 4 nitrogen and oxygen atoms in total. The van der Waals surface area contributed by atoms with Gasteiger partial charge in [0.1, 0.15) is 0 Å². The molecule has 0 radical (unpaired) electrons. The van der Waals surface area contributed by atoms with Gasteiger partial charge in [-0.15, -0.1) is 11.8 Å². The van der Waals surface area contributed by atoms with E-state index in [4.69, 9.17) is 0 Å². The van der Waals surface area contributed by atoms with Crippen molar-refractivity contribution in [1.82, 2.24) is 5.32 Å². The van der Waals surface area contributed by atoms with Crippen molar-refractivity contribution >= 4 is 29.3 Å². The van der Waals surface area contributed by atoms with E-state index in [0.717, 1.165) is 16.1 Å². The summed E-state index contributed by atoms with van der Waals surface area (Å²) in [4.78, 5) is 24.9. The lowest BCUT2D eigenvalue weighted by molar-refractivity contribution is -0.121. The van der Waals surface area contributed by atoms with Crippen LogP contribution >= 0.6 is 11.8 Å². The molecule has 0 aliphatic carbocycles. The van der Waals surface area contributed by atoms with Gasteiger partial charge in [-0.05, 0) is 42.2 Å². The highest BCUT2D eigenvalue weighted by molar-refractivity contribution is 8.00. The number of aryl methyl sites for hydroxylation is 1. The highest BCUT2D eigenvalue weighted by Crippen LogP contribution is 2.17. The molecule has 26 heavy (non-hydrogen) atoms. The van der Waals surface area contributed by atoms with Crippen LogP contribution in [0.5, 0.6) is 0 Å². The number of hydrogen-bond donors (Lipinski definition) is 2. The van der Waals surface area contributed by atoms with Crippen LogP contribution < -0.4 is 10.6 Å². The van der Waals surface area contributed by atoms with Crippen molar-refractivity contribution in [2.24, 2.45) is 5.92 Å². The minimum Gasteiger partial charge on any atom is -0.356 e. The van der Waals surface area contributed by atoms with Crippen LogP contribution in [0.15, 0.2) is 59.5 Å². The van der Waals surface area contributed by atoms with Crippen molar-refractivity contribution in [2.45, 2.75) is 31.6 Å². The summed E-state index contributed by atoms with van der Waals surface area (Å²) in [7, 11) is 0. The second-order valence-electron chi connectivity index (χ2n) is 6.54. The molecular formula is C21H26N2O2S. The molecule has 0 aliphatic heterocycles. The molecule has 2 aromatic rings. The van der Waals surface area contributed by atoms with Crippen molar-refractivity contribution in [1.29, 1.82) is 0 Å². The van der Waals surface area contributed by atoms with Gasteiger partial charge in [0.15, 0.2) is 0 Å². The molecule has 0 heterocycles. The number of thioether (sulfide) groups is 1. The Bertz CT molecular complexity index is 700. The third-order valence-corrected chi connectivity index (χ3v) is 4.71. The maximum absolute atomic E-state index is 12.0. The average molecular weight is 371 g/mol. The minimum atomic E-state index is -0.0281. The van der Waals surface area contributed by atoms with E-state index in [1.807, 2.05) is 54.6 Å². The fourth-order valence-corrected chi connectivity index (χ4v) is 3.00. The first-order chi connectivity index (χ1) is 12.5. The Hall–Kier alpha value is -2.27. The second-order valence-corrected chi connectivity index (χ2v) is 7.59. The number of carbonyl (C=O) groups excluding carboxylic acids is 2. The van der Waals surface area contributed by atoms with E-state index < -0.39 is 0 Å². The molecule has 0 saturated heterocycles. The Morgan fingerprint density at radius 3 is 2.31 bits per heavy atom. The Balaban J connectivity index is 1.72. The van der Waals surface area contributed by atoms with E-state index in [1.54, 1.807) is 0 Å². The summed E-state index contributed by atoms with van der Waals surface area (Å²) in [6.07, 6.45) is 1.17. The van der Waals surface area contributed by atoms with Crippen LogP contribution in [0.25, 0.3) is 0 Å². The third-order valence-electron chi connectivity index (χ3n) is 3.70. The lowest BCUT2D eigenvalue weighted by Crippen LogP contribution is -2.27. The van der Waals surface area contributed by atoms with Gasteiger partial charge >= 0.3 is 0 Å². The van der Waals surface area contributed by atoms with Crippen LogP contribution in [0, 0.1) is 5.92 Å². The highest BCUT2D eigenvalue weighted by Gasteiger charge is 2.05. The molecule has 0 atom stereocenters. The molecular weight excluding hydrogens is 344 g/mol. The average Bonchev–Trinajstić information content (AvgIpc) is 2.65. The number of nitrogens with one attached hydrogen (secondary N) is 2. The van der Waals surface area contributed by atoms with E-state index in [2.05, 4.69) is 24.5 Å². The van der Waals surface area contributed by atoms with Crippen LogP contribution in [0.2, 0.25) is 0 Å². The van der Waals surface area contributed by atoms with Gasteiger partial charge in [-0.3, -0.25) is 9.59 Å². The molecule has 0 aromatic heterocycles. The van der Waals surface area contributed by atoms with Gasteiger partial charge in [-0.1, -0.05) is 44.2 Å². The van der Waals surface area contributed by atoms with Crippen molar-refractivity contribution in [3.63, 3.8) is 0 Å². The predicted molar refractivity (Wildman–Crippen MR) is 108 cm³/mol. The molecule has 0 fully saturated rings. The number of hydrogen-bond acceptors (Lipinski definition) is 3. The van der Waals surface area contributed by atoms with Crippen molar-refractivity contribution in [2.75, 3.05) is 17.6 Å². The van der Waals surface area contributed by atoms with Gasteiger partial charge < -0.3 is 10.6 Å². The Morgan fingerprint density at radius 1 is 0.962 bits per heavy atom. The SMILES string of the molecule is CC(C)CNC(=O)CCc1ccc(NC(=O)CSc2ccccc2)cc1. The molecule has 0 aliphatic rings. The fraction of sp³-hybridized carbons (Fsp3) is 0.333. The summed E-state index contributed by atoms with van der Waals surface area (Å²) in [6, 6.07) is 17.5. The zero-order chi connectivity index (χ0) is 18.8. The predicted octanol–water partition coefficient (Wildman–Crippen LogP) is 4.12. The first kappa shape index (κ1) is 20.0. The van der Waals surface area contributed by atoms with E-state index in [9.17, 15) is 9.59 Å². The molecule has 2 amide bonds. The lowest BCUT2D eigenvalue weighted by atomic mass is 10.1. The highest BCUT2D eigenvalue weighted by atomic mass is 32.2. The lowest BCUT2D eigenvalue weighted by Gasteiger charge is -2.08. The number of rotatable bonds is 9. The van der Waals surface area contributed by atoms with Gasteiger partial charge in [-0.25, -0.2) is 0 Å².